The Labute approximate surface area is 179 Å². The molecule has 4 rings (SSSR count). The van der Waals surface area contributed by atoms with Crippen LogP contribution in [0, 0.1) is 0 Å². The summed E-state index contributed by atoms with van der Waals surface area (Å²) in [6, 6.07) is 24.0. The van der Waals surface area contributed by atoms with Gasteiger partial charge in [0.1, 0.15) is 5.75 Å². The number of hydrazine groups is 1. The highest BCUT2D eigenvalue weighted by Gasteiger charge is 2.31. The van der Waals surface area contributed by atoms with E-state index in [1.807, 2.05) is 48.5 Å². The van der Waals surface area contributed by atoms with Crippen molar-refractivity contribution in [3.05, 3.63) is 90.0 Å². The molecule has 2 N–H and O–H groups in total. The molecule has 7 heteroatoms. The number of benzene rings is 3. The Morgan fingerprint density at radius 3 is 2.35 bits per heavy atom. The van der Waals surface area contributed by atoms with E-state index in [-0.39, 0.29) is 13.0 Å². The lowest BCUT2D eigenvalue weighted by atomic mass is 9.98. The molecule has 1 aliphatic rings. The van der Waals surface area contributed by atoms with E-state index in [0.29, 0.717) is 11.3 Å². The molecule has 1 aliphatic heterocycles. The van der Waals surface area contributed by atoms with Crippen LogP contribution in [0.3, 0.4) is 0 Å². The summed E-state index contributed by atoms with van der Waals surface area (Å²) in [4.78, 5) is 36.5. The number of carbonyl (C=O) groups is 3. The molecule has 7 nitrogen and oxygen atoms in total. The van der Waals surface area contributed by atoms with Crippen molar-refractivity contribution >= 4 is 17.8 Å². The van der Waals surface area contributed by atoms with Crippen LogP contribution in [0.15, 0.2) is 78.9 Å². The number of ether oxygens (including phenoxy) is 2. The van der Waals surface area contributed by atoms with Crippen molar-refractivity contribution in [1.29, 1.82) is 0 Å². The largest absolute Gasteiger partial charge is 0.483 e. The van der Waals surface area contributed by atoms with Crippen LogP contribution in [0.4, 0.5) is 0 Å². The molecule has 0 spiro atoms. The fourth-order valence-electron chi connectivity index (χ4n) is 3.32. The van der Waals surface area contributed by atoms with Crippen molar-refractivity contribution in [3.63, 3.8) is 0 Å². The van der Waals surface area contributed by atoms with E-state index in [1.54, 1.807) is 30.3 Å². The van der Waals surface area contributed by atoms with Gasteiger partial charge < -0.3 is 9.47 Å². The van der Waals surface area contributed by atoms with Crippen molar-refractivity contribution in [2.75, 3.05) is 6.61 Å². The smallest absolute Gasteiger partial charge is 0.339 e. The van der Waals surface area contributed by atoms with Gasteiger partial charge in [-0.05, 0) is 23.3 Å². The summed E-state index contributed by atoms with van der Waals surface area (Å²) in [5, 5.41) is 0. The number of para-hydroxylation sites is 1. The molecule has 3 aromatic rings. The first-order chi connectivity index (χ1) is 15.1. The Kier molecular flexibility index (Phi) is 5.93. The van der Waals surface area contributed by atoms with Crippen LogP contribution in [0.25, 0.3) is 11.1 Å². The number of hydrogen-bond donors (Lipinski definition) is 2. The fraction of sp³-hybridized carbons (Fsp3) is 0.125. The lowest BCUT2D eigenvalue weighted by molar-refractivity contribution is -0.135. The Balaban J connectivity index is 1.31. The van der Waals surface area contributed by atoms with Gasteiger partial charge in [-0.1, -0.05) is 66.7 Å². The normalized spacial score (nSPS) is 14.7. The lowest BCUT2D eigenvalue weighted by Crippen LogP contribution is -2.50. The third-order valence-electron chi connectivity index (χ3n) is 4.84. The second kappa shape index (κ2) is 9.13. The monoisotopic (exact) mass is 416 g/mol. The minimum absolute atomic E-state index is 0.241. The van der Waals surface area contributed by atoms with E-state index in [1.165, 1.54) is 0 Å². The van der Waals surface area contributed by atoms with E-state index in [2.05, 4.69) is 10.9 Å². The van der Waals surface area contributed by atoms with Crippen LogP contribution in [0.1, 0.15) is 15.9 Å². The quantitative estimate of drug-likeness (QED) is 0.493. The summed E-state index contributed by atoms with van der Waals surface area (Å²) < 4.78 is 10.8. The van der Waals surface area contributed by atoms with Crippen LogP contribution >= 0.6 is 0 Å². The topological polar surface area (TPSA) is 93.7 Å². The van der Waals surface area contributed by atoms with Gasteiger partial charge in [0.15, 0.2) is 12.7 Å². The number of amides is 2. The maximum atomic E-state index is 12.3. The SMILES string of the molecule is O=C(COc1ccccc1-c1ccccc1)NNC(=O)[C@@H]1Cc2ccccc2C(=O)O1. The third-order valence-corrected chi connectivity index (χ3v) is 4.84. The number of esters is 1. The third kappa shape index (κ3) is 4.72. The van der Waals surface area contributed by atoms with Gasteiger partial charge >= 0.3 is 5.97 Å². The summed E-state index contributed by atoms with van der Waals surface area (Å²) in [6.07, 6.45) is -0.771. The summed E-state index contributed by atoms with van der Waals surface area (Å²) in [5.41, 5.74) is 7.58. The van der Waals surface area contributed by atoms with Crippen LogP contribution in [-0.2, 0) is 20.7 Å². The molecule has 156 valence electrons. The molecule has 3 aromatic carbocycles. The number of rotatable bonds is 5. The lowest BCUT2D eigenvalue weighted by Gasteiger charge is -2.23. The summed E-state index contributed by atoms with van der Waals surface area (Å²) in [6.45, 7) is -0.294. The van der Waals surface area contributed by atoms with Crippen molar-refractivity contribution in [2.45, 2.75) is 12.5 Å². The summed E-state index contributed by atoms with van der Waals surface area (Å²) in [5.74, 6) is -1.16. The number of cyclic esters (lactones) is 1. The first-order valence-electron chi connectivity index (χ1n) is 9.76. The van der Waals surface area contributed by atoms with Gasteiger partial charge in [0.25, 0.3) is 11.8 Å². The zero-order chi connectivity index (χ0) is 21.6. The van der Waals surface area contributed by atoms with Crippen LogP contribution < -0.4 is 15.6 Å². The van der Waals surface area contributed by atoms with E-state index in [4.69, 9.17) is 9.47 Å². The molecule has 0 unspecified atom stereocenters. The predicted molar refractivity (Wildman–Crippen MR) is 113 cm³/mol. The van der Waals surface area contributed by atoms with Crippen molar-refractivity contribution in [3.8, 4) is 16.9 Å². The molecule has 0 fully saturated rings. The molecule has 0 aromatic heterocycles. The standard InChI is InChI=1S/C24H20N2O5/c27-22(15-30-20-13-7-6-11-18(20)16-8-2-1-3-9-16)25-26-23(28)21-14-17-10-4-5-12-19(17)24(29)31-21/h1-13,21H,14-15H2,(H,25,27)(H,26,28)/t21-/m0/s1. The minimum atomic E-state index is -1.01. The Hall–Kier alpha value is -4.13. The molecular formula is C24H20N2O5. The predicted octanol–water partition coefficient (Wildman–Crippen LogP) is 2.66. The average Bonchev–Trinajstić information content (AvgIpc) is 2.82. The van der Waals surface area contributed by atoms with Gasteiger partial charge in [-0.3, -0.25) is 20.4 Å². The minimum Gasteiger partial charge on any atom is -0.483 e. The zero-order valence-electron chi connectivity index (χ0n) is 16.5. The summed E-state index contributed by atoms with van der Waals surface area (Å²) >= 11 is 0. The first-order valence-corrected chi connectivity index (χ1v) is 9.76. The molecule has 2 amide bonds. The molecule has 0 saturated carbocycles. The molecule has 0 radical (unpaired) electrons. The van der Waals surface area contributed by atoms with E-state index < -0.39 is 23.9 Å². The second-order valence-electron chi connectivity index (χ2n) is 6.94. The van der Waals surface area contributed by atoms with Crippen molar-refractivity contribution in [2.24, 2.45) is 0 Å². The maximum absolute atomic E-state index is 12.3. The Bertz CT molecular complexity index is 1110. The maximum Gasteiger partial charge on any atom is 0.339 e. The van der Waals surface area contributed by atoms with Crippen molar-refractivity contribution in [1.82, 2.24) is 10.9 Å². The average molecular weight is 416 g/mol. The van der Waals surface area contributed by atoms with Crippen LogP contribution in [-0.4, -0.2) is 30.5 Å². The molecule has 0 saturated heterocycles. The second-order valence-corrected chi connectivity index (χ2v) is 6.94. The number of nitrogens with one attached hydrogen (secondary N) is 2. The van der Waals surface area contributed by atoms with Crippen molar-refractivity contribution < 1.29 is 23.9 Å². The fourth-order valence-corrected chi connectivity index (χ4v) is 3.32. The molecule has 0 aliphatic carbocycles. The van der Waals surface area contributed by atoms with Gasteiger partial charge in [0, 0.05) is 12.0 Å². The highest BCUT2D eigenvalue weighted by atomic mass is 16.5. The summed E-state index contributed by atoms with van der Waals surface area (Å²) in [7, 11) is 0. The van der Waals surface area contributed by atoms with E-state index >= 15 is 0 Å². The molecular weight excluding hydrogens is 396 g/mol. The molecule has 1 heterocycles. The first kappa shape index (κ1) is 20.2. The van der Waals surface area contributed by atoms with Gasteiger partial charge in [0.2, 0.25) is 0 Å². The molecule has 0 bridgehead atoms. The van der Waals surface area contributed by atoms with Gasteiger partial charge in [0.05, 0.1) is 5.56 Å². The zero-order valence-corrected chi connectivity index (χ0v) is 16.5. The van der Waals surface area contributed by atoms with Gasteiger partial charge in [-0.2, -0.15) is 0 Å². The van der Waals surface area contributed by atoms with Gasteiger partial charge in [-0.15, -0.1) is 0 Å². The van der Waals surface area contributed by atoms with Gasteiger partial charge in [-0.25, -0.2) is 4.79 Å². The number of carbonyl (C=O) groups excluding carboxylic acids is 3. The molecule has 31 heavy (non-hydrogen) atoms. The number of hydrogen-bond acceptors (Lipinski definition) is 5. The van der Waals surface area contributed by atoms with E-state index in [9.17, 15) is 14.4 Å². The number of fused-ring (bicyclic) bond motifs is 1. The van der Waals surface area contributed by atoms with E-state index in [0.717, 1.165) is 16.7 Å². The molecule has 1 atom stereocenters. The highest BCUT2D eigenvalue weighted by Crippen LogP contribution is 2.29. The Morgan fingerprint density at radius 2 is 1.55 bits per heavy atom. The van der Waals surface area contributed by atoms with Crippen LogP contribution in [0.2, 0.25) is 0 Å². The Morgan fingerprint density at radius 1 is 0.871 bits per heavy atom. The highest BCUT2D eigenvalue weighted by molar-refractivity contribution is 5.96. The van der Waals surface area contributed by atoms with Crippen LogP contribution in [0.5, 0.6) is 5.75 Å².